The molecule has 4 aromatic rings. The van der Waals surface area contributed by atoms with Gasteiger partial charge >= 0.3 is 11.6 Å². The molecule has 1 amide bonds. The molecule has 0 saturated heterocycles. The molecule has 0 saturated carbocycles. The number of fused-ring (bicyclic) bond motifs is 3. The third-order valence-corrected chi connectivity index (χ3v) is 5.22. The Morgan fingerprint density at radius 1 is 1.00 bits per heavy atom. The van der Waals surface area contributed by atoms with Crippen LogP contribution in [0.3, 0.4) is 0 Å². The second-order valence-electron chi connectivity index (χ2n) is 6.72. The van der Waals surface area contributed by atoms with Crippen LogP contribution in [0.5, 0.6) is 0 Å². The van der Waals surface area contributed by atoms with Gasteiger partial charge in [0.05, 0.1) is 10.6 Å². The normalized spacial score (nSPS) is 10.9. The number of halogens is 2. The highest BCUT2D eigenvalue weighted by Crippen LogP contribution is 2.27. The molecule has 1 N–H and O–H groups in total. The summed E-state index contributed by atoms with van der Waals surface area (Å²) in [5.41, 5.74) is 0.572. The number of nitrogens with one attached hydrogen (secondary N) is 1. The van der Waals surface area contributed by atoms with Crippen LogP contribution in [0.2, 0.25) is 10.0 Å². The lowest BCUT2D eigenvalue weighted by Gasteiger charge is -2.10. The molecule has 0 unspecified atom stereocenters. The molecule has 0 fully saturated rings. The Balaban J connectivity index is 1.49. The number of carbonyl (C=O) groups excluding carboxylic acids is 2. The van der Waals surface area contributed by atoms with Crippen LogP contribution in [0.25, 0.3) is 21.7 Å². The van der Waals surface area contributed by atoms with Crippen LogP contribution in [-0.2, 0) is 16.1 Å². The third-order valence-electron chi connectivity index (χ3n) is 4.67. The van der Waals surface area contributed by atoms with E-state index >= 15 is 0 Å². The molecule has 31 heavy (non-hydrogen) atoms. The van der Waals surface area contributed by atoms with Crippen molar-refractivity contribution in [1.29, 1.82) is 0 Å². The molecular weight excluding hydrogens is 441 g/mol. The fourth-order valence-corrected chi connectivity index (χ4v) is 3.76. The van der Waals surface area contributed by atoms with Crippen LogP contribution in [0, 0.1) is 0 Å². The van der Waals surface area contributed by atoms with Crippen LogP contribution >= 0.6 is 23.2 Å². The van der Waals surface area contributed by atoms with Gasteiger partial charge in [0.15, 0.2) is 0 Å². The molecule has 3 aromatic carbocycles. The Hall–Kier alpha value is -3.35. The molecule has 1 aromatic heterocycles. The van der Waals surface area contributed by atoms with E-state index in [9.17, 15) is 14.4 Å². The fourth-order valence-electron chi connectivity index (χ4n) is 3.26. The Morgan fingerprint density at radius 2 is 1.81 bits per heavy atom. The molecule has 0 spiro atoms. The van der Waals surface area contributed by atoms with E-state index in [1.54, 1.807) is 6.07 Å². The molecule has 4 rings (SSSR count). The van der Waals surface area contributed by atoms with Gasteiger partial charge in [0.2, 0.25) is 0 Å². The highest BCUT2D eigenvalue weighted by Gasteiger charge is 2.14. The zero-order valence-corrected chi connectivity index (χ0v) is 17.5. The molecule has 6 nitrogen and oxygen atoms in total. The predicted octanol–water partition coefficient (Wildman–Crippen LogP) is 4.73. The Morgan fingerprint density at radius 3 is 2.61 bits per heavy atom. The molecule has 0 aliphatic rings. The predicted molar refractivity (Wildman–Crippen MR) is 119 cm³/mol. The van der Waals surface area contributed by atoms with Crippen molar-refractivity contribution in [2.75, 3.05) is 6.54 Å². The number of ether oxygens (including phenoxy) is 1. The van der Waals surface area contributed by atoms with Gasteiger partial charge in [-0.05, 0) is 35.0 Å². The van der Waals surface area contributed by atoms with Crippen molar-refractivity contribution in [3.8, 4) is 0 Å². The van der Waals surface area contributed by atoms with Crippen molar-refractivity contribution >= 4 is 56.8 Å². The minimum Gasteiger partial charge on any atom is -0.459 e. The van der Waals surface area contributed by atoms with Crippen molar-refractivity contribution in [2.45, 2.75) is 6.61 Å². The molecule has 8 heteroatoms. The quantitative estimate of drug-likeness (QED) is 0.267. The van der Waals surface area contributed by atoms with Gasteiger partial charge in [0, 0.05) is 22.0 Å². The van der Waals surface area contributed by atoms with Gasteiger partial charge in [-0.1, -0.05) is 53.5 Å². The van der Waals surface area contributed by atoms with Crippen molar-refractivity contribution in [2.24, 2.45) is 0 Å². The van der Waals surface area contributed by atoms with Gasteiger partial charge < -0.3 is 14.5 Å². The Labute approximate surface area is 186 Å². The first-order valence-electron chi connectivity index (χ1n) is 9.26. The molecule has 0 atom stereocenters. The van der Waals surface area contributed by atoms with E-state index in [1.165, 1.54) is 24.3 Å². The topological polar surface area (TPSA) is 85.6 Å². The van der Waals surface area contributed by atoms with Crippen molar-refractivity contribution in [1.82, 2.24) is 5.32 Å². The zero-order valence-electron chi connectivity index (χ0n) is 16.0. The van der Waals surface area contributed by atoms with Gasteiger partial charge in [-0.15, -0.1) is 0 Å². The number of hydrogen-bond donors (Lipinski definition) is 1. The van der Waals surface area contributed by atoms with E-state index in [2.05, 4.69) is 5.32 Å². The monoisotopic (exact) mass is 455 g/mol. The Bertz CT molecular complexity index is 1380. The average molecular weight is 456 g/mol. The van der Waals surface area contributed by atoms with Crippen LogP contribution in [0.15, 0.2) is 69.9 Å². The highest BCUT2D eigenvalue weighted by molar-refractivity contribution is 6.36. The number of amides is 1. The maximum atomic E-state index is 12.2. The lowest BCUT2D eigenvalue weighted by molar-refractivity contribution is -0.143. The van der Waals surface area contributed by atoms with E-state index < -0.39 is 17.5 Å². The number of esters is 1. The average Bonchev–Trinajstić information content (AvgIpc) is 2.75. The van der Waals surface area contributed by atoms with Gasteiger partial charge in [-0.25, -0.2) is 4.79 Å². The van der Waals surface area contributed by atoms with Gasteiger partial charge in [-0.2, -0.15) is 0 Å². The zero-order chi connectivity index (χ0) is 22.0. The van der Waals surface area contributed by atoms with Crippen molar-refractivity contribution in [3.05, 3.63) is 92.3 Å². The van der Waals surface area contributed by atoms with E-state index in [0.29, 0.717) is 21.6 Å². The summed E-state index contributed by atoms with van der Waals surface area (Å²) in [5, 5.41) is 5.56. The number of benzene rings is 3. The maximum absolute atomic E-state index is 12.2. The van der Waals surface area contributed by atoms with E-state index in [4.69, 9.17) is 32.4 Å². The molecule has 0 aliphatic heterocycles. The minimum atomic E-state index is -0.667. The summed E-state index contributed by atoms with van der Waals surface area (Å²) in [6.07, 6.45) is 0. The van der Waals surface area contributed by atoms with Gasteiger partial charge in [-0.3, -0.25) is 9.59 Å². The van der Waals surface area contributed by atoms with Gasteiger partial charge in [0.1, 0.15) is 18.7 Å². The summed E-state index contributed by atoms with van der Waals surface area (Å²) in [7, 11) is 0. The molecule has 1 heterocycles. The SMILES string of the molecule is O=C(CNC(=O)c1ccc(Cl)cc1Cl)OCc1cc(=O)oc2ccc3ccccc3c12. The third kappa shape index (κ3) is 4.55. The second-order valence-corrected chi connectivity index (χ2v) is 7.56. The summed E-state index contributed by atoms with van der Waals surface area (Å²) in [5.74, 6) is -1.20. The Kier molecular flexibility index (Phi) is 5.93. The smallest absolute Gasteiger partial charge is 0.336 e. The largest absolute Gasteiger partial charge is 0.459 e. The first-order chi connectivity index (χ1) is 14.9. The maximum Gasteiger partial charge on any atom is 0.336 e. The summed E-state index contributed by atoms with van der Waals surface area (Å²) in [4.78, 5) is 36.3. The second kappa shape index (κ2) is 8.79. The summed E-state index contributed by atoms with van der Waals surface area (Å²) in [6, 6.07) is 16.9. The number of rotatable bonds is 5. The first kappa shape index (κ1) is 20.9. The molecule has 0 aliphatic carbocycles. The van der Waals surface area contributed by atoms with Gasteiger partial charge in [0.25, 0.3) is 5.91 Å². The molecular formula is C23H15Cl2NO5. The lowest BCUT2D eigenvalue weighted by atomic mass is 10.0. The summed E-state index contributed by atoms with van der Waals surface area (Å²) < 4.78 is 10.6. The number of carbonyl (C=O) groups is 2. The standard InChI is InChI=1S/C23H15Cl2NO5/c24-15-6-7-17(18(25)10-15)23(29)26-11-21(28)30-12-14-9-20(27)31-19-8-5-13-3-1-2-4-16(13)22(14)19/h1-10H,11-12H2,(H,26,29). The minimum absolute atomic E-state index is 0.146. The van der Waals surface area contributed by atoms with Crippen LogP contribution < -0.4 is 10.9 Å². The van der Waals surface area contributed by atoms with Crippen LogP contribution in [0.1, 0.15) is 15.9 Å². The molecule has 0 bridgehead atoms. The highest BCUT2D eigenvalue weighted by atomic mass is 35.5. The first-order valence-corrected chi connectivity index (χ1v) is 10.0. The van der Waals surface area contributed by atoms with Crippen molar-refractivity contribution < 1.29 is 18.7 Å². The van der Waals surface area contributed by atoms with Crippen molar-refractivity contribution in [3.63, 3.8) is 0 Å². The van der Waals surface area contributed by atoms with E-state index in [1.807, 2.05) is 30.3 Å². The number of hydrogen-bond acceptors (Lipinski definition) is 5. The van der Waals surface area contributed by atoms with E-state index in [-0.39, 0.29) is 23.7 Å². The lowest BCUT2D eigenvalue weighted by Crippen LogP contribution is -2.30. The fraction of sp³-hybridized carbons (Fsp3) is 0.0870. The molecule has 0 radical (unpaired) electrons. The van der Waals surface area contributed by atoms with Crippen LogP contribution in [-0.4, -0.2) is 18.4 Å². The molecule has 156 valence electrons. The van der Waals surface area contributed by atoms with Crippen LogP contribution in [0.4, 0.5) is 0 Å². The summed E-state index contributed by atoms with van der Waals surface area (Å²) >= 11 is 11.8. The van der Waals surface area contributed by atoms with E-state index in [0.717, 1.165) is 10.8 Å². The summed E-state index contributed by atoms with van der Waals surface area (Å²) in [6.45, 7) is -0.510.